The summed E-state index contributed by atoms with van der Waals surface area (Å²) in [5.41, 5.74) is 3.83. The lowest BCUT2D eigenvalue weighted by Crippen LogP contribution is -2.31. The van der Waals surface area contributed by atoms with Gasteiger partial charge in [-0.2, -0.15) is 0 Å². The van der Waals surface area contributed by atoms with Crippen molar-refractivity contribution in [2.75, 3.05) is 11.9 Å². The van der Waals surface area contributed by atoms with Crippen molar-refractivity contribution >= 4 is 17.6 Å². The molecule has 2 aromatic rings. The van der Waals surface area contributed by atoms with Gasteiger partial charge < -0.3 is 14.8 Å². The highest BCUT2D eigenvalue weighted by atomic mass is 16.6. The Labute approximate surface area is 160 Å². The Bertz CT molecular complexity index is 796. The first-order chi connectivity index (χ1) is 12.8. The van der Waals surface area contributed by atoms with Gasteiger partial charge >= 0.3 is 5.97 Å². The number of hydrogen-bond donors (Lipinski definition) is 1. The van der Waals surface area contributed by atoms with Crippen LogP contribution in [-0.4, -0.2) is 24.6 Å². The molecule has 0 aliphatic carbocycles. The lowest BCUT2D eigenvalue weighted by molar-refractivity contribution is -0.155. The second-order valence-corrected chi connectivity index (χ2v) is 6.97. The van der Waals surface area contributed by atoms with E-state index in [1.54, 1.807) is 12.1 Å². The summed E-state index contributed by atoms with van der Waals surface area (Å²) in [5.74, 6) is -0.0297. The summed E-state index contributed by atoms with van der Waals surface area (Å²) in [6.45, 7) is 9.35. The molecule has 2 rings (SSSR count). The number of carbonyl (C=O) groups is 2. The van der Waals surface area contributed by atoms with Crippen LogP contribution in [0.2, 0.25) is 0 Å². The molecular weight excluding hydrogens is 342 g/mol. The first-order valence-corrected chi connectivity index (χ1v) is 9.06. The van der Waals surface area contributed by atoms with Gasteiger partial charge in [0.1, 0.15) is 5.75 Å². The van der Waals surface area contributed by atoms with E-state index in [9.17, 15) is 9.59 Å². The van der Waals surface area contributed by atoms with Crippen LogP contribution in [0.1, 0.15) is 43.4 Å². The molecule has 0 bridgehead atoms. The van der Waals surface area contributed by atoms with Gasteiger partial charge in [0.25, 0.3) is 5.91 Å². The van der Waals surface area contributed by atoms with Gasteiger partial charge in [-0.25, -0.2) is 4.79 Å². The zero-order chi connectivity index (χ0) is 20.0. The Morgan fingerprint density at radius 1 is 0.963 bits per heavy atom. The number of nitrogens with one attached hydrogen (secondary N) is 1. The van der Waals surface area contributed by atoms with Crippen LogP contribution in [-0.2, 0) is 14.3 Å². The molecule has 1 atom stereocenters. The number of ether oxygens (including phenoxy) is 2. The van der Waals surface area contributed by atoms with Crippen molar-refractivity contribution in [3.63, 3.8) is 0 Å². The summed E-state index contributed by atoms with van der Waals surface area (Å²) in [5, 5.41) is 2.72. The Morgan fingerprint density at radius 2 is 1.59 bits per heavy atom. The molecule has 0 saturated carbocycles. The topological polar surface area (TPSA) is 64.6 Å². The van der Waals surface area contributed by atoms with Gasteiger partial charge in [-0.1, -0.05) is 43.7 Å². The minimum atomic E-state index is -0.913. The SMILES string of the molecule is Cc1ccc(NC(=O)[C@H](C)OC(=O)COc2cc(C)ccc2C(C)C)cc1. The predicted octanol–water partition coefficient (Wildman–Crippen LogP) is 4.38. The highest BCUT2D eigenvalue weighted by Crippen LogP contribution is 2.27. The van der Waals surface area contributed by atoms with Crippen molar-refractivity contribution in [3.8, 4) is 5.75 Å². The van der Waals surface area contributed by atoms with Crippen LogP contribution >= 0.6 is 0 Å². The van der Waals surface area contributed by atoms with E-state index in [-0.39, 0.29) is 18.4 Å². The average Bonchev–Trinajstić information content (AvgIpc) is 2.61. The van der Waals surface area contributed by atoms with E-state index in [4.69, 9.17) is 9.47 Å². The number of rotatable bonds is 7. The third kappa shape index (κ3) is 6.13. The van der Waals surface area contributed by atoms with Crippen molar-refractivity contribution in [1.82, 2.24) is 0 Å². The molecule has 0 aliphatic heterocycles. The van der Waals surface area contributed by atoms with Crippen LogP contribution in [0.3, 0.4) is 0 Å². The monoisotopic (exact) mass is 369 g/mol. The molecule has 0 unspecified atom stereocenters. The molecule has 1 amide bonds. The van der Waals surface area contributed by atoms with Gasteiger partial charge in [0.15, 0.2) is 12.7 Å². The largest absolute Gasteiger partial charge is 0.482 e. The quantitative estimate of drug-likeness (QED) is 0.736. The highest BCUT2D eigenvalue weighted by molar-refractivity contribution is 5.95. The summed E-state index contributed by atoms with van der Waals surface area (Å²) < 4.78 is 10.8. The molecule has 5 nitrogen and oxygen atoms in total. The number of esters is 1. The van der Waals surface area contributed by atoms with Crippen molar-refractivity contribution < 1.29 is 19.1 Å². The fourth-order valence-corrected chi connectivity index (χ4v) is 2.55. The molecular formula is C22H27NO4. The van der Waals surface area contributed by atoms with E-state index in [1.807, 2.05) is 44.2 Å². The average molecular weight is 369 g/mol. The van der Waals surface area contributed by atoms with Gasteiger partial charge in [-0.15, -0.1) is 0 Å². The third-order valence-corrected chi connectivity index (χ3v) is 4.13. The molecule has 144 valence electrons. The summed E-state index contributed by atoms with van der Waals surface area (Å²) in [4.78, 5) is 24.2. The second-order valence-electron chi connectivity index (χ2n) is 6.97. The molecule has 0 radical (unpaired) electrons. The number of hydrogen-bond acceptors (Lipinski definition) is 4. The van der Waals surface area contributed by atoms with Gasteiger partial charge in [0.05, 0.1) is 0 Å². The lowest BCUT2D eigenvalue weighted by Gasteiger charge is -2.16. The molecule has 0 heterocycles. The van der Waals surface area contributed by atoms with Crippen molar-refractivity contribution in [2.24, 2.45) is 0 Å². The standard InChI is InChI=1S/C22H27NO4/c1-14(2)19-11-8-16(4)12-20(19)26-13-21(24)27-17(5)22(25)23-18-9-6-15(3)7-10-18/h6-12,14,17H,13H2,1-5H3,(H,23,25)/t17-/m0/s1. The molecule has 0 spiro atoms. The Kier molecular flexibility index (Phi) is 6.99. The van der Waals surface area contributed by atoms with Crippen LogP contribution in [0.4, 0.5) is 5.69 Å². The number of amides is 1. The molecule has 0 aliphatic rings. The van der Waals surface area contributed by atoms with Crippen LogP contribution < -0.4 is 10.1 Å². The van der Waals surface area contributed by atoms with E-state index in [1.165, 1.54) is 6.92 Å². The van der Waals surface area contributed by atoms with E-state index >= 15 is 0 Å². The van der Waals surface area contributed by atoms with E-state index in [2.05, 4.69) is 19.2 Å². The summed E-state index contributed by atoms with van der Waals surface area (Å²) in [6.07, 6.45) is -0.913. The van der Waals surface area contributed by atoms with Crippen molar-refractivity contribution in [2.45, 2.75) is 46.6 Å². The molecule has 0 aromatic heterocycles. The predicted molar refractivity (Wildman–Crippen MR) is 106 cm³/mol. The summed E-state index contributed by atoms with van der Waals surface area (Å²) in [6, 6.07) is 13.3. The third-order valence-electron chi connectivity index (χ3n) is 4.13. The minimum absolute atomic E-state index is 0.245. The van der Waals surface area contributed by atoms with Crippen molar-refractivity contribution in [1.29, 1.82) is 0 Å². The molecule has 27 heavy (non-hydrogen) atoms. The fourth-order valence-electron chi connectivity index (χ4n) is 2.55. The van der Waals surface area contributed by atoms with Crippen LogP contribution in [0.5, 0.6) is 5.75 Å². The molecule has 1 N–H and O–H groups in total. The maximum atomic E-state index is 12.2. The molecule has 0 fully saturated rings. The number of aryl methyl sites for hydroxylation is 2. The fraction of sp³-hybridized carbons (Fsp3) is 0.364. The van der Waals surface area contributed by atoms with E-state index in [0.29, 0.717) is 11.4 Å². The van der Waals surface area contributed by atoms with Crippen LogP contribution in [0, 0.1) is 13.8 Å². The van der Waals surface area contributed by atoms with Crippen LogP contribution in [0.15, 0.2) is 42.5 Å². The minimum Gasteiger partial charge on any atom is -0.482 e. The van der Waals surface area contributed by atoms with Gasteiger partial charge in [0, 0.05) is 5.69 Å². The maximum Gasteiger partial charge on any atom is 0.344 e. The van der Waals surface area contributed by atoms with E-state index in [0.717, 1.165) is 16.7 Å². The normalized spacial score (nSPS) is 11.8. The Balaban J connectivity index is 1.89. The first kappa shape index (κ1) is 20.5. The van der Waals surface area contributed by atoms with Crippen molar-refractivity contribution in [3.05, 3.63) is 59.2 Å². The Hall–Kier alpha value is -2.82. The molecule has 2 aromatic carbocycles. The number of benzene rings is 2. The summed E-state index contributed by atoms with van der Waals surface area (Å²) >= 11 is 0. The lowest BCUT2D eigenvalue weighted by atomic mass is 10.0. The summed E-state index contributed by atoms with van der Waals surface area (Å²) in [7, 11) is 0. The van der Waals surface area contributed by atoms with E-state index < -0.39 is 12.1 Å². The highest BCUT2D eigenvalue weighted by Gasteiger charge is 2.19. The molecule has 5 heteroatoms. The van der Waals surface area contributed by atoms with Crippen LogP contribution in [0.25, 0.3) is 0 Å². The van der Waals surface area contributed by atoms with Gasteiger partial charge in [-0.05, 0) is 56.0 Å². The van der Waals surface area contributed by atoms with Gasteiger partial charge in [-0.3, -0.25) is 4.79 Å². The van der Waals surface area contributed by atoms with Gasteiger partial charge in [0.2, 0.25) is 0 Å². The smallest absolute Gasteiger partial charge is 0.344 e. The number of anilines is 1. The maximum absolute atomic E-state index is 12.2. The second kappa shape index (κ2) is 9.21. The zero-order valence-corrected chi connectivity index (χ0v) is 16.5. The first-order valence-electron chi connectivity index (χ1n) is 9.06. The zero-order valence-electron chi connectivity index (χ0n) is 16.5. The number of carbonyl (C=O) groups excluding carboxylic acids is 2. The molecule has 0 saturated heterocycles. The Morgan fingerprint density at radius 3 is 2.22 bits per heavy atom.